The summed E-state index contributed by atoms with van der Waals surface area (Å²) in [4.78, 5) is 0. The third-order valence-corrected chi connectivity index (χ3v) is 11.6. The van der Waals surface area contributed by atoms with Gasteiger partial charge in [0.1, 0.15) is 0 Å². The summed E-state index contributed by atoms with van der Waals surface area (Å²) < 4.78 is 6.63. The summed E-state index contributed by atoms with van der Waals surface area (Å²) in [5, 5.41) is 0. The molecule has 0 aromatic rings. The van der Waals surface area contributed by atoms with Crippen molar-refractivity contribution in [1.29, 1.82) is 0 Å². The number of hydrogen-bond donors (Lipinski definition) is 0. The average molecular weight is 486 g/mol. The van der Waals surface area contributed by atoms with E-state index in [1.807, 2.05) is 0 Å². The standard InChI is InChI=1S/CHN.4In/c1-2;;;;/h1H;;;;/q-1;;;;+1. The maximum absolute atomic E-state index is 4.33. The van der Waals surface area contributed by atoms with Gasteiger partial charge in [-0.05, 0) is 0 Å². The van der Waals surface area contributed by atoms with Gasteiger partial charge < -0.3 is 0 Å². The summed E-state index contributed by atoms with van der Waals surface area (Å²) in [5.74, 6) is 0. The zero-order valence-electron chi connectivity index (χ0n) is 3.33. The Morgan fingerprint density at radius 3 is 2.33 bits per heavy atom. The van der Waals surface area contributed by atoms with Crippen molar-refractivity contribution in [1.82, 2.24) is 0 Å². The fraction of sp³-hybridized carbons (Fsp3) is 0. The van der Waals surface area contributed by atoms with Crippen LogP contribution in [-0.4, -0.2) is 77.6 Å². The van der Waals surface area contributed by atoms with Crippen molar-refractivity contribution in [2.24, 2.45) is 2.98 Å². The molecule has 2 radical (unpaired) electrons. The second-order valence-electron chi connectivity index (χ2n) is 0.640. The first-order chi connectivity index (χ1) is 2.91. The predicted octanol–water partition coefficient (Wildman–Crippen LogP) is -1.49. The summed E-state index contributed by atoms with van der Waals surface area (Å²) in [5.41, 5.74) is 0. The Bertz CT molecular complexity index is 65.6. The molecule has 5 heteroatoms. The van der Waals surface area contributed by atoms with Crippen molar-refractivity contribution in [3.8, 4) is 0 Å². The zero-order valence-corrected chi connectivity index (χ0v) is 16.5. The Morgan fingerprint density at radius 2 is 2.17 bits per heavy atom. The summed E-state index contributed by atoms with van der Waals surface area (Å²) >= 11 is 2.81. The molecule has 0 atom stereocenters. The van der Waals surface area contributed by atoms with Crippen molar-refractivity contribution >= 4 is 77.6 Å². The molecule has 0 aliphatic carbocycles. The summed E-state index contributed by atoms with van der Waals surface area (Å²) in [6.45, 7) is 0. The van der Waals surface area contributed by atoms with E-state index in [1.54, 1.807) is 19.1 Å². The molecule has 0 saturated heterocycles. The van der Waals surface area contributed by atoms with Crippen molar-refractivity contribution in [2.75, 3.05) is 0 Å². The average Bonchev–Trinajstić information content (AvgIpc) is 1.61. The molecule has 0 unspecified atom stereocenters. The molecule has 0 heterocycles. The number of hydrogen-bond acceptors (Lipinski definition) is 1. The normalized spacial score (nSPS) is 7.00. The number of rotatable bonds is 2. The second-order valence-corrected chi connectivity index (χ2v) is 17.4. The molecule has 0 aromatic carbocycles. The van der Waals surface area contributed by atoms with Crippen LogP contribution in [0.3, 0.4) is 0 Å². The van der Waals surface area contributed by atoms with Crippen molar-refractivity contribution in [2.45, 2.75) is 0 Å². The zero-order chi connectivity index (χ0) is 4.83. The van der Waals surface area contributed by atoms with Gasteiger partial charge in [0.15, 0.2) is 0 Å². The van der Waals surface area contributed by atoms with E-state index < -0.39 is 0 Å². The van der Waals surface area contributed by atoms with Crippen LogP contribution in [0.2, 0.25) is 0 Å². The predicted molar refractivity (Wildman–Crippen MR) is 31.5 cm³/mol. The fourth-order valence-corrected chi connectivity index (χ4v) is 30.0. The van der Waals surface area contributed by atoms with Gasteiger partial charge in [0.05, 0.1) is 0 Å². The molecule has 0 aromatic heterocycles. The molecule has 22 valence electrons. The Morgan fingerprint density at radius 1 is 1.50 bits per heavy atom. The van der Waals surface area contributed by atoms with E-state index in [1.165, 1.54) is 19.1 Å². The molecule has 0 aliphatic heterocycles. The monoisotopic (exact) mass is 487 g/mol. The molecule has 6 heavy (non-hydrogen) atoms. The van der Waals surface area contributed by atoms with E-state index >= 15 is 0 Å². The van der Waals surface area contributed by atoms with Gasteiger partial charge >= 0.3 is 80.5 Å². The van der Waals surface area contributed by atoms with Crippen LogP contribution in [0.5, 0.6) is 0 Å². The van der Waals surface area contributed by atoms with Crippen LogP contribution in [0.1, 0.15) is 0 Å². The van der Waals surface area contributed by atoms with E-state index in [2.05, 4.69) is 6.95 Å². The van der Waals surface area contributed by atoms with Gasteiger partial charge in [-0.25, -0.2) is 0 Å². The van der Waals surface area contributed by atoms with Gasteiger partial charge in [-0.3, -0.25) is 0 Å². The van der Waals surface area contributed by atoms with E-state index in [9.17, 15) is 0 Å². The molecule has 0 aliphatic rings. The molecule has 0 saturated carbocycles. The van der Waals surface area contributed by atoms with Crippen molar-refractivity contribution in [3.05, 3.63) is 0 Å². The molecule has 0 spiro atoms. The van der Waals surface area contributed by atoms with E-state index in [0.717, 1.165) is 0 Å². The van der Waals surface area contributed by atoms with Crippen LogP contribution >= 0.6 is 0 Å². The van der Waals surface area contributed by atoms with Gasteiger partial charge in [0.2, 0.25) is 0 Å². The molecule has 0 rings (SSSR count). The summed E-state index contributed by atoms with van der Waals surface area (Å²) in [7, 11) is 0. The first-order valence-electron chi connectivity index (χ1n) is 1.52. The third kappa shape index (κ3) is 7.15. The van der Waals surface area contributed by atoms with E-state index in [-0.39, 0.29) is 35.5 Å². The minimum atomic E-state index is -0.180. The van der Waals surface area contributed by atoms with Crippen molar-refractivity contribution < 1.29 is 0 Å². The molecule has 0 amide bonds. The van der Waals surface area contributed by atoms with Crippen molar-refractivity contribution in [3.63, 3.8) is 0 Å². The summed E-state index contributed by atoms with van der Waals surface area (Å²) in [6.07, 6.45) is 0. The van der Waals surface area contributed by atoms with Crippen LogP contribution in [0.15, 0.2) is 2.98 Å². The topological polar surface area (TPSA) is 12.4 Å². The number of nitrogens with zero attached hydrogens (tertiary/aromatic N) is 1. The van der Waals surface area contributed by atoms with Gasteiger partial charge in [-0.2, -0.15) is 0 Å². The Hall–Kier alpha value is 3.15. The van der Waals surface area contributed by atoms with E-state index in [4.69, 9.17) is 0 Å². The third-order valence-electron chi connectivity index (χ3n) is 0.258. The Balaban J connectivity index is 3.17. The van der Waals surface area contributed by atoms with Crippen LogP contribution in [-0.2, 0) is 0 Å². The maximum atomic E-state index is 4.33. The van der Waals surface area contributed by atoms with Crippen LogP contribution in [0.25, 0.3) is 0 Å². The minimum absolute atomic E-state index is 0.0407. The second kappa shape index (κ2) is 8.15. The Labute approximate surface area is 78.1 Å². The first kappa shape index (κ1) is 9.15. The first-order valence-corrected chi connectivity index (χ1v) is 34.2. The molecular weight excluding hydrogens is 485 g/mol. The van der Waals surface area contributed by atoms with Crippen LogP contribution in [0, 0.1) is 0 Å². The van der Waals surface area contributed by atoms with Crippen LogP contribution < -0.4 is 0 Å². The SMILES string of the molecule is [In]=[In]/[CH]=[N]\[In]=[In]. The van der Waals surface area contributed by atoms with Crippen LogP contribution in [0.4, 0.5) is 0 Å². The summed E-state index contributed by atoms with van der Waals surface area (Å²) in [6, 6.07) is 0. The van der Waals surface area contributed by atoms with Gasteiger partial charge in [-0.1, -0.05) is 0 Å². The molecule has 1 nitrogen and oxygen atoms in total. The molecule has 0 fully saturated rings. The molecule has 0 bridgehead atoms. The Kier molecular flexibility index (Phi) is 12.4. The van der Waals surface area contributed by atoms with Gasteiger partial charge in [-0.15, -0.1) is 0 Å². The van der Waals surface area contributed by atoms with E-state index in [0.29, 0.717) is 0 Å². The quantitative estimate of drug-likeness (QED) is 0.422. The van der Waals surface area contributed by atoms with Gasteiger partial charge in [0, 0.05) is 0 Å². The van der Waals surface area contributed by atoms with Gasteiger partial charge in [0.25, 0.3) is 0 Å². The molecular formula is CHIn4N. The molecule has 0 N–H and O–H groups in total. The fourth-order valence-electron chi connectivity index (χ4n) is 0.0994.